The second kappa shape index (κ2) is 5.76. The third-order valence-corrected chi connectivity index (χ3v) is 3.96. The zero-order chi connectivity index (χ0) is 14.8. The normalized spacial score (nSPS) is 17.5. The summed E-state index contributed by atoms with van der Waals surface area (Å²) in [5.74, 6) is 2.73. The average molecular weight is 286 g/mol. The smallest absolute Gasteiger partial charge is 0.164 e. The minimum absolute atomic E-state index is 0.441. The van der Waals surface area contributed by atoms with Crippen LogP contribution in [0.2, 0.25) is 0 Å². The Hall–Kier alpha value is -2.04. The molecule has 1 aliphatic rings. The largest absolute Gasteiger partial charge is 0.491 e. The molecular formula is C16H22N4O. The number of benzene rings is 1. The second-order valence-corrected chi connectivity index (χ2v) is 5.65. The Balaban J connectivity index is 1.94. The van der Waals surface area contributed by atoms with Gasteiger partial charge >= 0.3 is 0 Å². The SMILES string of the molecule is CCCOc1ccc(-c2nnc3n2C(C)CCC3)cc1N. The van der Waals surface area contributed by atoms with Crippen LogP contribution in [0, 0.1) is 0 Å². The van der Waals surface area contributed by atoms with Crippen LogP contribution < -0.4 is 10.5 Å². The number of aromatic nitrogens is 3. The fraction of sp³-hybridized carbons (Fsp3) is 0.500. The quantitative estimate of drug-likeness (QED) is 0.876. The van der Waals surface area contributed by atoms with Crippen molar-refractivity contribution < 1.29 is 4.74 Å². The van der Waals surface area contributed by atoms with Gasteiger partial charge in [0.15, 0.2) is 5.82 Å². The van der Waals surface area contributed by atoms with Gasteiger partial charge in [-0.05, 0) is 44.4 Å². The monoisotopic (exact) mass is 286 g/mol. The van der Waals surface area contributed by atoms with Crippen LogP contribution in [0.3, 0.4) is 0 Å². The van der Waals surface area contributed by atoms with Crippen LogP contribution in [-0.4, -0.2) is 21.4 Å². The Morgan fingerprint density at radius 2 is 2.24 bits per heavy atom. The average Bonchev–Trinajstić information content (AvgIpc) is 2.91. The molecule has 2 N–H and O–H groups in total. The summed E-state index contributed by atoms with van der Waals surface area (Å²) in [4.78, 5) is 0. The topological polar surface area (TPSA) is 66.0 Å². The summed E-state index contributed by atoms with van der Waals surface area (Å²) in [5, 5.41) is 8.69. The molecule has 0 aliphatic carbocycles. The van der Waals surface area contributed by atoms with Gasteiger partial charge < -0.3 is 15.0 Å². The van der Waals surface area contributed by atoms with E-state index in [1.165, 1.54) is 12.8 Å². The Kier molecular flexibility index (Phi) is 3.82. The highest BCUT2D eigenvalue weighted by Gasteiger charge is 2.22. The van der Waals surface area contributed by atoms with Crippen LogP contribution in [-0.2, 0) is 6.42 Å². The van der Waals surface area contributed by atoms with Crippen LogP contribution in [0.15, 0.2) is 18.2 Å². The molecule has 21 heavy (non-hydrogen) atoms. The Bertz CT molecular complexity index is 635. The van der Waals surface area contributed by atoms with Crippen molar-refractivity contribution in [3.05, 3.63) is 24.0 Å². The molecule has 1 aromatic carbocycles. The first-order valence-electron chi connectivity index (χ1n) is 7.67. The van der Waals surface area contributed by atoms with E-state index in [2.05, 4.69) is 28.6 Å². The molecule has 5 heteroatoms. The molecule has 2 heterocycles. The Labute approximate surface area is 125 Å². The molecule has 5 nitrogen and oxygen atoms in total. The molecule has 3 rings (SSSR count). The summed E-state index contributed by atoms with van der Waals surface area (Å²) >= 11 is 0. The maximum Gasteiger partial charge on any atom is 0.164 e. The summed E-state index contributed by atoms with van der Waals surface area (Å²) in [6.07, 6.45) is 4.33. The van der Waals surface area contributed by atoms with Crippen molar-refractivity contribution in [1.29, 1.82) is 0 Å². The van der Waals surface area contributed by atoms with Gasteiger partial charge in [-0.3, -0.25) is 0 Å². The molecule has 0 spiro atoms. The van der Waals surface area contributed by atoms with E-state index >= 15 is 0 Å². The van der Waals surface area contributed by atoms with Gasteiger partial charge in [-0.25, -0.2) is 0 Å². The number of anilines is 1. The summed E-state index contributed by atoms with van der Waals surface area (Å²) in [7, 11) is 0. The molecule has 0 saturated carbocycles. The molecule has 0 bridgehead atoms. The summed E-state index contributed by atoms with van der Waals surface area (Å²) in [6, 6.07) is 6.31. The van der Waals surface area contributed by atoms with Gasteiger partial charge in [-0.2, -0.15) is 0 Å². The third-order valence-electron chi connectivity index (χ3n) is 3.96. The van der Waals surface area contributed by atoms with E-state index in [-0.39, 0.29) is 0 Å². The zero-order valence-corrected chi connectivity index (χ0v) is 12.7. The molecule has 0 saturated heterocycles. The van der Waals surface area contributed by atoms with Gasteiger partial charge in [0.2, 0.25) is 0 Å². The first-order valence-corrected chi connectivity index (χ1v) is 7.67. The standard InChI is InChI=1S/C16H22N4O/c1-3-9-21-14-8-7-12(10-13(14)17)16-19-18-15-6-4-5-11(2)20(15)16/h7-8,10-11H,3-6,9,17H2,1-2H3. The van der Waals surface area contributed by atoms with E-state index in [4.69, 9.17) is 10.5 Å². The van der Waals surface area contributed by atoms with Crippen LogP contribution in [0.5, 0.6) is 5.75 Å². The predicted octanol–water partition coefficient (Wildman–Crippen LogP) is 3.21. The summed E-state index contributed by atoms with van der Waals surface area (Å²) in [5.41, 5.74) is 7.75. The summed E-state index contributed by atoms with van der Waals surface area (Å²) in [6.45, 7) is 4.98. The maximum absolute atomic E-state index is 6.10. The highest BCUT2D eigenvalue weighted by atomic mass is 16.5. The molecule has 1 aromatic heterocycles. The van der Waals surface area contributed by atoms with Crippen molar-refractivity contribution in [1.82, 2.24) is 14.8 Å². The minimum atomic E-state index is 0.441. The highest BCUT2D eigenvalue weighted by Crippen LogP contribution is 2.32. The lowest BCUT2D eigenvalue weighted by molar-refractivity contribution is 0.319. The van der Waals surface area contributed by atoms with Crippen molar-refractivity contribution in [2.75, 3.05) is 12.3 Å². The van der Waals surface area contributed by atoms with Gasteiger partial charge in [0.05, 0.1) is 12.3 Å². The number of hydrogen-bond donors (Lipinski definition) is 1. The fourth-order valence-corrected chi connectivity index (χ4v) is 2.87. The molecular weight excluding hydrogens is 264 g/mol. The summed E-state index contributed by atoms with van der Waals surface area (Å²) < 4.78 is 7.87. The van der Waals surface area contributed by atoms with E-state index in [1.54, 1.807) is 0 Å². The van der Waals surface area contributed by atoms with Gasteiger partial charge in [-0.1, -0.05) is 6.92 Å². The van der Waals surface area contributed by atoms with Crippen molar-refractivity contribution in [2.24, 2.45) is 0 Å². The van der Waals surface area contributed by atoms with Crippen LogP contribution in [0.25, 0.3) is 11.4 Å². The molecule has 0 radical (unpaired) electrons. The maximum atomic E-state index is 6.10. The van der Waals surface area contributed by atoms with Gasteiger partial charge in [0, 0.05) is 18.0 Å². The van der Waals surface area contributed by atoms with Crippen LogP contribution >= 0.6 is 0 Å². The van der Waals surface area contributed by atoms with Crippen molar-refractivity contribution >= 4 is 5.69 Å². The number of nitrogens with two attached hydrogens (primary N) is 1. The number of nitrogens with zero attached hydrogens (tertiary/aromatic N) is 3. The number of fused-ring (bicyclic) bond motifs is 1. The van der Waals surface area contributed by atoms with Crippen molar-refractivity contribution in [2.45, 2.75) is 45.6 Å². The first-order chi connectivity index (χ1) is 10.2. The zero-order valence-electron chi connectivity index (χ0n) is 12.7. The molecule has 1 aliphatic heterocycles. The molecule has 1 atom stereocenters. The van der Waals surface area contributed by atoms with Gasteiger partial charge in [0.1, 0.15) is 11.6 Å². The molecule has 0 amide bonds. The number of nitrogen functional groups attached to an aromatic ring is 1. The predicted molar refractivity (Wildman–Crippen MR) is 83.3 cm³/mol. The highest BCUT2D eigenvalue weighted by molar-refractivity contribution is 5.66. The molecule has 112 valence electrons. The fourth-order valence-electron chi connectivity index (χ4n) is 2.87. The molecule has 0 fully saturated rings. The second-order valence-electron chi connectivity index (χ2n) is 5.65. The Morgan fingerprint density at radius 3 is 3.00 bits per heavy atom. The minimum Gasteiger partial charge on any atom is -0.491 e. The number of aryl methyl sites for hydroxylation is 1. The third kappa shape index (κ3) is 2.60. The van der Waals surface area contributed by atoms with Gasteiger partial charge in [0.25, 0.3) is 0 Å². The van der Waals surface area contributed by atoms with Crippen molar-refractivity contribution in [3.63, 3.8) is 0 Å². The number of hydrogen-bond acceptors (Lipinski definition) is 4. The number of rotatable bonds is 4. The van der Waals surface area contributed by atoms with E-state index in [9.17, 15) is 0 Å². The lowest BCUT2D eigenvalue weighted by Gasteiger charge is -2.22. The lowest BCUT2D eigenvalue weighted by Crippen LogP contribution is -2.16. The van der Waals surface area contributed by atoms with E-state index in [1.807, 2.05) is 18.2 Å². The Morgan fingerprint density at radius 1 is 1.38 bits per heavy atom. The van der Waals surface area contributed by atoms with Crippen LogP contribution in [0.1, 0.15) is 45.0 Å². The van der Waals surface area contributed by atoms with Crippen LogP contribution in [0.4, 0.5) is 5.69 Å². The van der Waals surface area contributed by atoms with Gasteiger partial charge in [-0.15, -0.1) is 10.2 Å². The lowest BCUT2D eigenvalue weighted by atomic mass is 10.0. The number of ether oxygens (including phenoxy) is 1. The van der Waals surface area contributed by atoms with E-state index < -0.39 is 0 Å². The van der Waals surface area contributed by atoms with E-state index in [0.717, 1.165) is 35.8 Å². The van der Waals surface area contributed by atoms with E-state index in [0.29, 0.717) is 18.3 Å². The first kappa shape index (κ1) is 13.9. The molecule has 1 unspecified atom stereocenters. The molecule has 2 aromatic rings. The van der Waals surface area contributed by atoms with Crippen molar-refractivity contribution in [3.8, 4) is 17.1 Å².